The molecular formula is C33H30ClN3O3. The Labute approximate surface area is 238 Å². The van der Waals surface area contributed by atoms with Crippen molar-refractivity contribution in [3.05, 3.63) is 113 Å². The maximum absolute atomic E-state index is 12.0. The molecule has 1 N–H and O–H groups in total. The average molecular weight is 552 g/mol. The molecule has 0 spiro atoms. The van der Waals surface area contributed by atoms with Crippen LogP contribution in [0.3, 0.4) is 0 Å². The van der Waals surface area contributed by atoms with E-state index in [-0.39, 0.29) is 5.56 Å². The third-order valence-electron chi connectivity index (χ3n) is 7.61. The highest BCUT2D eigenvalue weighted by Gasteiger charge is 2.21. The maximum Gasteiger partial charge on any atom is 0.339 e. The molecule has 4 aromatic carbocycles. The number of benzene rings is 4. The molecule has 2 heterocycles. The molecule has 5 aromatic rings. The van der Waals surface area contributed by atoms with Crippen molar-refractivity contribution in [3.63, 3.8) is 0 Å². The van der Waals surface area contributed by atoms with Crippen LogP contribution in [0.4, 0.5) is 5.69 Å². The normalized spacial score (nSPS) is 14.0. The minimum absolute atomic E-state index is 0.147. The van der Waals surface area contributed by atoms with Crippen LogP contribution < -0.4 is 9.64 Å². The van der Waals surface area contributed by atoms with Gasteiger partial charge in [-0.2, -0.15) is 0 Å². The van der Waals surface area contributed by atoms with Gasteiger partial charge in [-0.3, -0.25) is 4.90 Å². The molecule has 0 aliphatic carbocycles. The van der Waals surface area contributed by atoms with E-state index in [2.05, 4.69) is 46.2 Å². The molecule has 6 nitrogen and oxygen atoms in total. The van der Waals surface area contributed by atoms with Crippen LogP contribution in [0.1, 0.15) is 15.9 Å². The third kappa shape index (κ3) is 5.28. The number of hydrogen-bond donors (Lipinski definition) is 1. The summed E-state index contributed by atoms with van der Waals surface area (Å²) in [7, 11) is 1.98. The number of aromatic carboxylic acids is 1. The van der Waals surface area contributed by atoms with Crippen molar-refractivity contribution in [2.45, 2.75) is 6.54 Å². The summed E-state index contributed by atoms with van der Waals surface area (Å²) >= 11 is 6.11. The number of aryl methyl sites for hydroxylation is 1. The lowest BCUT2D eigenvalue weighted by atomic mass is 9.99. The van der Waals surface area contributed by atoms with Gasteiger partial charge in [-0.1, -0.05) is 54.1 Å². The van der Waals surface area contributed by atoms with Crippen molar-refractivity contribution in [2.75, 3.05) is 31.1 Å². The van der Waals surface area contributed by atoms with Crippen LogP contribution in [0.25, 0.3) is 22.0 Å². The number of nitrogens with zero attached hydrogens (tertiary/aromatic N) is 3. The predicted octanol–water partition coefficient (Wildman–Crippen LogP) is 7.31. The summed E-state index contributed by atoms with van der Waals surface area (Å²) in [4.78, 5) is 16.8. The minimum atomic E-state index is -1.01. The molecule has 6 rings (SSSR count). The second-order valence-corrected chi connectivity index (χ2v) is 10.6. The van der Waals surface area contributed by atoms with Gasteiger partial charge in [0.25, 0.3) is 0 Å². The first-order valence-corrected chi connectivity index (χ1v) is 13.7. The fourth-order valence-corrected chi connectivity index (χ4v) is 5.55. The van der Waals surface area contributed by atoms with E-state index in [0.29, 0.717) is 11.5 Å². The number of ether oxygens (including phenoxy) is 1. The van der Waals surface area contributed by atoms with Crippen molar-refractivity contribution in [1.82, 2.24) is 9.47 Å². The Bertz CT molecular complexity index is 1670. The molecule has 1 aromatic heterocycles. The van der Waals surface area contributed by atoms with E-state index in [9.17, 15) is 9.90 Å². The minimum Gasteiger partial charge on any atom is -0.478 e. The topological polar surface area (TPSA) is 57.9 Å². The van der Waals surface area contributed by atoms with Crippen LogP contribution >= 0.6 is 11.6 Å². The molecule has 0 unspecified atom stereocenters. The largest absolute Gasteiger partial charge is 0.478 e. The van der Waals surface area contributed by atoms with Gasteiger partial charge in [-0.25, -0.2) is 4.79 Å². The molecule has 0 saturated carbocycles. The Morgan fingerprint density at radius 3 is 2.42 bits per heavy atom. The van der Waals surface area contributed by atoms with Crippen LogP contribution in [-0.4, -0.2) is 46.7 Å². The lowest BCUT2D eigenvalue weighted by Gasteiger charge is -2.36. The summed E-state index contributed by atoms with van der Waals surface area (Å²) in [5.74, 6) is -0.0199. The van der Waals surface area contributed by atoms with Crippen molar-refractivity contribution >= 4 is 34.2 Å². The van der Waals surface area contributed by atoms with E-state index in [1.54, 1.807) is 6.07 Å². The van der Waals surface area contributed by atoms with Crippen LogP contribution in [0, 0.1) is 0 Å². The summed E-state index contributed by atoms with van der Waals surface area (Å²) in [5, 5.41) is 11.5. The van der Waals surface area contributed by atoms with Crippen LogP contribution in [0.5, 0.6) is 11.5 Å². The predicted molar refractivity (Wildman–Crippen MR) is 161 cm³/mol. The first-order chi connectivity index (χ1) is 19.5. The molecule has 1 aliphatic rings. The van der Waals surface area contributed by atoms with Gasteiger partial charge in [-0.15, -0.1) is 0 Å². The molecule has 0 bridgehead atoms. The first-order valence-electron chi connectivity index (χ1n) is 13.4. The molecular weight excluding hydrogens is 522 g/mol. The highest BCUT2D eigenvalue weighted by Crippen LogP contribution is 2.35. The average Bonchev–Trinajstić information content (AvgIpc) is 3.35. The molecule has 0 atom stereocenters. The lowest BCUT2D eigenvalue weighted by Crippen LogP contribution is -2.46. The van der Waals surface area contributed by atoms with Gasteiger partial charge in [0, 0.05) is 68.1 Å². The smallest absolute Gasteiger partial charge is 0.339 e. The maximum atomic E-state index is 12.0. The number of fused-ring (bicyclic) bond motifs is 1. The summed E-state index contributed by atoms with van der Waals surface area (Å²) in [6.07, 6.45) is 1.97. The molecule has 7 heteroatoms. The molecule has 0 radical (unpaired) electrons. The van der Waals surface area contributed by atoms with Gasteiger partial charge in [0.1, 0.15) is 17.1 Å². The van der Waals surface area contributed by atoms with E-state index in [0.717, 1.165) is 59.9 Å². The van der Waals surface area contributed by atoms with Crippen molar-refractivity contribution in [3.8, 4) is 22.6 Å². The Balaban J connectivity index is 1.18. The Hall–Kier alpha value is -4.26. The van der Waals surface area contributed by atoms with Gasteiger partial charge in [-0.05, 0) is 59.2 Å². The fraction of sp³-hybridized carbons (Fsp3) is 0.182. The van der Waals surface area contributed by atoms with E-state index < -0.39 is 5.97 Å². The van der Waals surface area contributed by atoms with E-state index >= 15 is 0 Å². The molecule has 202 valence electrons. The number of halogens is 1. The quantitative estimate of drug-likeness (QED) is 0.230. The lowest BCUT2D eigenvalue weighted by molar-refractivity contribution is 0.0694. The molecule has 1 fully saturated rings. The molecule has 0 amide bonds. The van der Waals surface area contributed by atoms with Crippen molar-refractivity contribution < 1.29 is 14.6 Å². The summed E-state index contributed by atoms with van der Waals surface area (Å²) in [5.41, 5.74) is 5.81. The second kappa shape index (κ2) is 11.1. The zero-order valence-corrected chi connectivity index (χ0v) is 23.0. The number of carboxylic acid groups (broad SMARTS) is 1. The Morgan fingerprint density at radius 1 is 0.875 bits per heavy atom. The number of anilines is 1. The summed E-state index contributed by atoms with van der Waals surface area (Å²) in [6, 6.07) is 29.7. The van der Waals surface area contributed by atoms with E-state index in [1.807, 2.05) is 66.3 Å². The van der Waals surface area contributed by atoms with Crippen molar-refractivity contribution in [2.24, 2.45) is 7.05 Å². The van der Waals surface area contributed by atoms with Gasteiger partial charge in [0.2, 0.25) is 0 Å². The highest BCUT2D eigenvalue weighted by molar-refractivity contribution is 6.30. The second-order valence-electron chi connectivity index (χ2n) is 10.1. The van der Waals surface area contributed by atoms with Crippen LogP contribution in [0.2, 0.25) is 5.02 Å². The molecule has 1 saturated heterocycles. The van der Waals surface area contributed by atoms with Crippen molar-refractivity contribution in [1.29, 1.82) is 0 Å². The third-order valence-corrected chi connectivity index (χ3v) is 7.86. The Kier molecular flexibility index (Phi) is 7.20. The van der Waals surface area contributed by atoms with Gasteiger partial charge >= 0.3 is 5.97 Å². The zero-order valence-electron chi connectivity index (χ0n) is 22.3. The number of rotatable bonds is 7. The number of aromatic nitrogens is 1. The number of hydrogen-bond acceptors (Lipinski definition) is 4. The first kappa shape index (κ1) is 26.0. The molecule has 1 aliphatic heterocycles. The Morgan fingerprint density at radius 2 is 1.65 bits per heavy atom. The fourth-order valence-electron chi connectivity index (χ4n) is 5.42. The standard InChI is InChI=1S/C33H30ClN3O3/c1-35-16-15-28-30(35)7-4-8-31(28)40-32-21-26(13-14-29(32)33(38)39)37-19-17-36(18-20-37)22-24-5-2-3-6-27(24)23-9-11-25(34)12-10-23/h2-16,21H,17-20,22H2,1H3,(H,38,39). The van der Waals surface area contributed by atoms with Gasteiger partial charge in [0.05, 0.1) is 5.52 Å². The number of carbonyl (C=O) groups is 1. The van der Waals surface area contributed by atoms with Crippen LogP contribution in [-0.2, 0) is 13.6 Å². The molecule has 40 heavy (non-hydrogen) atoms. The van der Waals surface area contributed by atoms with Gasteiger partial charge < -0.3 is 19.3 Å². The monoisotopic (exact) mass is 551 g/mol. The van der Waals surface area contributed by atoms with E-state index in [1.165, 1.54) is 11.1 Å². The summed E-state index contributed by atoms with van der Waals surface area (Å²) < 4.78 is 8.27. The van der Waals surface area contributed by atoms with Crippen LogP contribution in [0.15, 0.2) is 97.2 Å². The SMILES string of the molecule is Cn1ccc2c(Oc3cc(N4CCN(Cc5ccccc5-c5ccc(Cl)cc5)CC4)ccc3C(=O)O)cccc21. The van der Waals surface area contributed by atoms with Gasteiger partial charge in [0.15, 0.2) is 0 Å². The summed E-state index contributed by atoms with van der Waals surface area (Å²) in [6.45, 7) is 4.33. The number of piperazine rings is 1. The number of carboxylic acids is 1. The zero-order chi connectivity index (χ0) is 27.6. The van der Waals surface area contributed by atoms with E-state index in [4.69, 9.17) is 16.3 Å². The highest BCUT2D eigenvalue weighted by atomic mass is 35.5.